The van der Waals surface area contributed by atoms with Crippen LogP contribution in [0.3, 0.4) is 0 Å². The van der Waals surface area contributed by atoms with Crippen molar-refractivity contribution in [2.24, 2.45) is 5.92 Å². The van der Waals surface area contributed by atoms with E-state index in [0.717, 1.165) is 34.7 Å². The molecule has 0 bridgehead atoms. The predicted molar refractivity (Wildman–Crippen MR) is 110 cm³/mol. The van der Waals surface area contributed by atoms with Gasteiger partial charge in [0, 0.05) is 29.4 Å². The van der Waals surface area contributed by atoms with Gasteiger partial charge in [0.1, 0.15) is 5.75 Å². The first kappa shape index (κ1) is 18.9. The van der Waals surface area contributed by atoms with Crippen molar-refractivity contribution in [3.05, 3.63) is 29.1 Å². The number of hydrogen-bond acceptors (Lipinski definition) is 5. The number of methoxy groups -OCH3 is 1. The fraction of sp³-hybridized carbons (Fsp3) is 0.476. The normalized spacial score (nSPS) is 20.0. The van der Waals surface area contributed by atoms with Crippen molar-refractivity contribution in [2.75, 3.05) is 19.0 Å². The van der Waals surface area contributed by atoms with Gasteiger partial charge in [-0.25, -0.2) is 4.98 Å². The minimum Gasteiger partial charge on any atom is -0.497 e. The van der Waals surface area contributed by atoms with E-state index in [0.29, 0.717) is 24.1 Å². The molecule has 1 saturated heterocycles. The number of thiazole rings is 1. The Balaban J connectivity index is 1.43. The molecule has 7 heteroatoms. The van der Waals surface area contributed by atoms with Gasteiger partial charge in [0.05, 0.1) is 18.7 Å². The molecule has 2 fully saturated rings. The number of nitrogens with zero attached hydrogens (tertiary/aromatic N) is 2. The molecule has 1 aromatic carbocycles. The number of aromatic nitrogens is 1. The van der Waals surface area contributed by atoms with Gasteiger partial charge in [-0.15, -0.1) is 11.3 Å². The molecule has 6 nitrogen and oxygen atoms in total. The van der Waals surface area contributed by atoms with E-state index in [1.54, 1.807) is 7.11 Å². The Labute approximate surface area is 168 Å². The van der Waals surface area contributed by atoms with E-state index < -0.39 is 0 Å². The van der Waals surface area contributed by atoms with Crippen LogP contribution in [0.15, 0.2) is 24.3 Å². The molecule has 148 valence electrons. The van der Waals surface area contributed by atoms with Crippen molar-refractivity contribution in [3.63, 3.8) is 0 Å². The maximum atomic E-state index is 12.7. The third-order valence-corrected chi connectivity index (χ3v) is 6.57. The predicted octanol–water partition coefficient (Wildman–Crippen LogP) is 3.86. The topological polar surface area (TPSA) is 71.5 Å². The smallest absolute Gasteiger partial charge is 0.231 e. The minimum atomic E-state index is -0.290. The summed E-state index contributed by atoms with van der Waals surface area (Å²) in [6.07, 6.45) is 4.79. The summed E-state index contributed by atoms with van der Waals surface area (Å²) in [5.41, 5.74) is 1.84. The summed E-state index contributed by atoms with van der Waals surface area (Å²) in [6, 6.07) is 8.04. The third-order valence-electron chi connectivity index (χ3n) is 5.68. The van der Waals surface area contributed by atoms with Crippen molar-refractivity contribution in [1.82, 2.24) is 9.88 Å². The van der Waals surface area contributed by atoms with Crippen LogP contribution in [0, 0.1) is 12.8 Å². The molecular weight excluding hydrogens is 374 g/mol. The van der Waals surface area contributed by atoms with Gasteiger partial charge in [0.2, 0.25) is 11.8 Å². The number of carbonyl (C=O) groups is 2. The number of likely N-dealkylation sites (tertiary alicyclic amines) is 1. The van der Waals surface area contributed by atoms with E-state index >= 15 is 0 Å². The molecule has 2 amide bonds. The van der Waals surface area contributed by atoms with Crippen LogP contribution < -0.4 is 10.1 Å². The number of benzene rings is 1. The molecule has 0 unspecified atom stereocenters. The van der Waals surface area contributed by atoms with Crippen molar-refractivity contribution in [3.8, 4) is 17.0 Å². The Hall–Kier alpha value is -2.41. The Morgan fingerprint density at radius 2 is 1.96 bits per heavy atom. The van der Waals surface area contributed by atoms with E-state index in [1.165, 1.54) is 24.2 Å². The second kappa shape index (κ2) is 7.91. The van der Waals surface area contributed by atoms with Crippen molar-refractivity contribution >= 4 is 28.3 Å². The lowest BCUT2D eigenvalue weighted by Crippen LogP contribution is -2.35. The van der Waals surface area contributed by atoms with Crippen molar-refractivity contribution in [1.29, 1.82) is 0 Å². The summed E-state index contributed by atoms with van der Waals surface area (Å²) in [6.45, 7) is 2.53. The Morgan fingerprint density at radius 1 is 1.25 bits per heavy atom. The molecule has 28 heavy (non-hydrogen) atoms. The number of nitrogens with one attached hydrogen (secondary N) is 1. The highest BCUT2D eigenvalue weighted by atomic mass is 32.1. The first-order valence-electron chi connectivity index (χ1n) is 9.77. The zero-order chi connectivity index (χ0) is 19.7. The molecule has 2 heterocycles. The van der Waals surface area contributed by atoms with Gasteiger partial charge in [0.25, 0.3) is 0 Å². The molecular formula is C21H25N3O3S. The monoisotopic (exact) mass is 399 g/mol. The van der Waals surface area contributed by atoms with E-state index in [2.05, 4.69) is 10.3 Å². The van der Waals surface area contributed by atoms with Crippen LogP contribution in [0.25, 0.3) is 11.3 Å². The quantitative estimate of drug-likeness (QED) is 0.829. The molecule has 1 atom stereocenters. The average molecular weight is 400 g/mol. The largest absolute Gasteiger partial charge is 0.497 e. The SMILES string of the molecule is COc1ccc(-c2nc(NC(=O)[C@@H]3CC(=O)N(C4CCCC4)C3)sc2C)cc1. The summed E-state index contributed by atoms with van der Waals surface area (Å²) < 4.78 is 5.20. The first-order chi connectivity index (χ1) is 13.5. The van der Waals surface area contributed by atoms with E-state index in [1.807, 2.05) is 36.1 Å². The lowest BCUT2D eigenvalue weighted by atomic mass is 10.1. The van der Waals surface area contributed by atoms with Crippen LogP contribution in [0.2, 0.25) is 0 Å². The average Bonchev–Trinajstić information content (AvgIpc) is 3.42. The number of ether oxygens (including phenoxy) is 1. The lowest BCUT2D eigenvalue weighted by Gasteiger charge is -2.23. The van der Waals surface area contributed by atoms with Crippen LogP contribution in [-0.2, 0) is 9.59 Å². The van der Waals surface area contributed by atoms with Crippen LogP contribution in [0.4, 0.5) is 5.13 Å². The zero-order valence-electron chi connectivity index (χ0n) is 16.2. The van der Waals surface area contributed by atoms with E-state index in [4.69, 9.17) is 4.74 Å². The zero-order valence-corrected chi connectivity index (χ0v) is 17.1. The van der Waals surface area contributed by atoms with Crippen LogP contribution in [-0.4, -0.2) is 41.4 Å². The second-order valence-corrected chi connectivity index (χ2v) is 8.73. The fourth-order valence-corrected chi connectivity index (χ4v) is 4.99. The number of amides is 2. The van der Waals surface area contributed by atoms with Gasteiger partial charge in [-0.05, 0) is 44.0 Å². The third kappa shape index (κ3) is 3.76. The van der Waals surface area contributed by atoms with Crippen molar-refractivity contribution < 1.29 is 14.3 Å². The lowest BCUT2D eigenvalue weighted by molar-refractivity contribution is -0.129. The molecule has 0 radical (unpaired) electrons. The maximum Gasteiger partial charge on any atom is 0.231 e. The maximum absolute atomic E-state index is 12.7. The molecule has 4 rings (SSSR count). The highest BCUT2D eigenvalue weighted by Gasteiger charge is 2.38. The van der Waals surface area contributed by atoms with Gasteiger partial charge in [0.15, 0.2) is 5.13 Å². The van der Waals surface area contributed by atoms with Gasteiger partial charge >= 0.3 is 0 Å². The van der Waals surface area contributed by atoms with Gasteiger partial charge in [-0.2, -0.15) is 0 Å². The van der Waals surface area contributed by atoms with Crippen LogP contribution in [0.1, 0.15) is 37.0 Å². The molecule has 0 spiro atoms. The van der Waals surface area contributed by atoms with Crippen LogP contribution in [0.5, 0.6) is 5.75 Å². The molecule has 2 aromatic rings. The minimum absolute atomic E-state index is 0.108. The Morgan fingerprint density at radius 3 is 2.64 bits per heavy atom. The standard InChI is InChI=1S/C21H25N3O3S/c1-13-19(14-7-9-17(27-2)10-8-14)22-21(28-13)23-20(26)15-11-18(25)24(12-15)16-5-3-4-6-16/h7-10,15-16H,3-6,11-12H2,1-2H3,(H,22,23,26)/t15-/m1/s1. The highest BCUT2D eigenvalue weighted by Crippen LogP contribution is 2.33. The molecule has 1 saturated carbocycles. The number of aryl methyl sites for hydroxylation is 1. The summed E-state index contributed by atoms with van der Waals surface area (Å²) in [5, 5.41) is 3.52. The summed E-state index contributed by atoms with van der Waals surface area (Å²) in [7, 11) is 1.64. The van der Waals surface area contributed by atoms with Gasteiger partial charge in [-0.3, -0.25) is 9.59 Å². The molecule has 1 aliphatic heterocycles. The molecule has 1 N–H and O–H groups in total. The summed E-state index contributed by atoms with van der Waals surface area (Å²) >= 11 is 1.46. The second-order valence-electron chi connectivity index (χ2n) is 7.53. The number of hydrogen-bond donors (Lipinski definition) is 1. The first-order valence-corrected chi connectivity index (χ1v) is 10.6. The summed E-state index contributed by atoms with van der Waals surface area (Å²) in [4.78, 5) is 32.6. The number of carbonyl (C=O) groups excluding carboxylic acids is 2. The fourth-order valence-electron chi connectivity index (χ4n) is 4.15. The van der Waals surface area contributed by atoms with Gasteiger partial charge < -0.3 is 15.0 Å². The highest BCUT2D eigenvalue weighted by molar-refractivity contribution is 7.16. The van der Waals surface area contributed by atoms with E-state index in [9.17, 15) is 9.59 Å². The van der Waals surface area contributed by atoms with Crippen LogP contribution >= 0.6 is 11.3 Å². The van der Waals surface area contributed by atoms with Crippen molar-refractivity contribution in [2.45, 2.75) is 45.1 Å². The Bertz CT molecular complexity index is 872. The molecule has 1 aliphatic carbocycles. The summed E-state index contributed by atoms with van der Waals surface area (Å²) in [5.74, 6) is 0.509. The Kier molecular flexibility index (Phi) is 5.35. The van der Waals surface area contributed by atoms with Gasteiger partial charge in [-0.1, -0.05) is 12.8 Å². The number of rotatable bonds is 5. The number of anilines is 1. The molecule has 2 aliphatic rings. The molecule has 1 aromatic heterocycles. The van der Waals surface area contributed by atoms with E-state index in [-0.39, 0.29) is 17.7 Å².